The Bertz CT molecular complexity index is 687. The maximum Gasteiger partial charge on any atom is 0.251 e. The van der Waals surface area contributed by atoms with Crippen molar-refractivity contribution in [2.45, 2.75) is 25.8 Å². The number of anilines is 1. The Morgan fingerprint density at radius 1 is 1.24 bits per heavy atom. The topological polar surface area (TPSA) is 55.1 Å². The zero-order valence-electron chi connectivity index (χ0n) is 11.8. The molecule has 4 heteroatoms. The molecule has 0 atom stereocenters. The first-order valence-corrected chi connectivity index (χ1v) is 7.77. The van der Waals surface area contributed by atoms with Gasteiger partial charge in [0.1, 0.15) is 0 Å². The molecule has 3 N–H and O–H groups in total. The number of nitrogen functional groups attached to an aromatic ring is 1. The van der Waals surface area contributed by atoms with Gasteiger partial charge in [-0.1, -0.05) is 40.2 Å². The quantitative estimate of drug-likeness (QED) is 0.821. The molecular formula is C17H17BrN2O. The third-order valence-corrected chi connectivity index (χ3v) is 4.50. The first-order valence-electron chi connectivity index (χ1n) is 6.98. The molecule has 2 aromatic carbocycles. The van der Waals surface area contributed by atoms with Crippen molar-refractivity contribution in [3.8, 4) is 0 Å². The molecule has 21 heavy (non-hydrogen) atoms. The average Bonchev–Trinajstić information content (AvgIpc) is 2.84. The minimum Gasteiger partial charge on any atom is -0.398 e. The molecule has 0 unspecified atom stereocenters. The average molecular weight is 345 g/mol. The minimum absolute atomic E-state index is 0.0571. The molecule has 0 spiro atoms. The van der Waals surface area contributed by atoms with Crippen molar-refractivity contribution in [2.24, 2.45) is 0 Å². The molecule has 1 aliphatic carbocycles. The fourth-order valence-corrected chi connectivity index (χ4v) is 3.34. The van der Waals surface area contributed by atoms with Gasteiger partial charge in [-0.15, -0.1) is 0 Å². The number of nitrogens with one attached hydrogen (secondary N) is 1. The number of carbonyl (C=O) groups is 1. The summed E-state index contributed by atoms with van der Waals surface area (Å²) in [6.45, 7) is 1.88. The molecule has 0 heterocycles. The number of hydrogen-bond donors (Lipinski definition) is 2. The second-order valence-corrected chi connectivity index (χ2v) is 6.43. The Balaban J connectivity index is 1.77. The van der Waals surface area contributed by atoms with Crippen molar-refractivity contribution >= 4 is 27.5 Å². The highest BCUT2D eigenvalue weighted by Crippen LogP contribution is 2.25. The Labute approximate surface area is 132 Å². The molecule has 0 aromatic heterocycles. The predicted octanol–water partition coefficient (Wildman–Crippen LogP) is 3.24. The molecule has 0 aliphatic heterocycles. The largest absolute Gasteiger partial charge is 0.398 e. The fraction of sp³-hybridized carbons (Fsp3) is 0.235. The van der Waals surface area contributed by atoms with Crippen LogP contribution in [0.15, 0.2) is 40.9 Å². The van der Waals surface area contributed by atoms with Gasteiger partial charge in [-0.2, -0.15) is 0 Å². The molecule has 0 saturated carbocycles. The first kappa shape index (κ1) is 14.1. The summed E-state index contributed by atoms with van der Waals surface area (Å²) >= 11 is 3.39. The van der Waals surface area contributed by atoms with Crippen LogP contribution in [0.5, 0.6) is 0 Å². The summed E-state index contributed by atoms with van der Waals surface area (Å²) in [5, 5.41) is 3.12. The van der Waals surface area contributed by atoms with Crippen LogP contribution in [-0.4, -0.2) is 11.9 Å². The highest BCUT2D eigenvalue weighted by molar-refractivity contribution is 9.10. The van der Waals surface area contributed by atoms with Gasteiger partial charge in [0.25, 0.3) is 5.91 Å². The van der Waals surface area contributed by atoms with E-state index in [1.165, 1.54) is 11.1 Å². The lowest BCUT2D eigenvalue weighted by Crippen LogP contribution is -2.35. The van der Waals surface area contributed by atoms with Gasteiger partial charge in [-0.05, 0) is 48.6 Å². The molecule has 108 valence electrons. The monoisotopic (exact) mass is 344 g/mol. The van der Waals surface area contributed by atoms with Gasteiger partial charge in [0.2, 0.25) is 0 Å². The van der Waals surface area contributed by atoms with Crippen LogP contribution in [-0.2, 0) is 12.8 Å². The normalized spacial score (nSPS) is 14.0. The molecule has 0 saturated heterocycles. The van der Waals surface area contributed by atoms with Crippen molar-refractivity contribution in [1.29, 1.82) is 0 Å². The van der Waals surface area contributed by atoms with E-state index in [1.807, 2.05) is 31.2 Å². The van der Waals surface area contributed by atoms with Gasteiger partial charge in [-0.25, -0.2) is 0 Å². The van der Waals surface area contributed by atoms with Gasteiger partial charge < -0.3 is 11.1 Å². The molecule has 1 amide bonds. The van der Waals surface area contributed by atoms with Crippen molar-refractivity contribution in [3.63, 3.8) is 0 Å². The number of benzene rings is 2. The Morgan fingerprint density at radius 3 is 2.48 bits per heavy atom. The SMILES string of the molecule is Cc1c(N)cc(Br)cc1C(=O)NC1Cc2ccccc2C1. The van der Waals surface area contributed by atoms with Crippen LogP contribution in [0.3, 0.4) is 0 Å². The van der Waals surface area contributed by atoms with Crippen molar-refractivity contribution in [1.82, 2.24) is 5.32 Å². The summed E-state index contributed by atoms with van der Waals surface area (Å²) in [5.41, 5.74) is 10.7. The summed E-state index contributed by atoms with van der Waals surface area (Å²) in [6, 6.07) is 12.1. The van der Waals surface area contributed by atoms with Crippen LogP contribution < -0.4 is 11.1 Å². The molecule has 0 radical (unpaired) electrons. The maximum absolute atomic E-state index is 12.5. The summed E-state index contributed by atoms with van der Waals surface area (Å²) in [6.07, 6.45) is 1.79. The number of hydrogen-bond acceptors (Lipinski definition) is 2. The van der Waals surface area contributed by atoms with E-state index in [4.69, 9.17) is 5.73 Å². The summed E-state index contributed by atoms with van der Waals surface area (Å²) in [5.74, 6) is -0.0571. The molecule has 2 aromatic rings. The second-order valence-electron chi connectivity index (χ2n) is 5.51. The van der Waals surface area contributed by atoms with Crippen LogP contribution in [0, 0.1) is 6.92 Å². The Kier molecular flexibility index (Phi) is 3.72. The molecular weight excluding hydrogens is 328 g/mol. The third kappa shape index (κ3) is 2.81. The van der Waals surface area contributed by atoms with Crippen LogP contribution in [0.1, 0.15) is 27.0 Å². The number of nitrogens with two attached hydrogens (primary N) is 1. The van der Waals surface area contributed by atoms with E-state index in [0.717, 1.165) is 22.9 Å². The van der Waals surface area contributed by atoms with E-state index in [2.05, 4.69) is 33.4 Å². The number of rotatable bonds is 2. The molecule has 3 rings (SSSR count). The summed E-state index contributed by atoms with van der Waals surface area (Å²) in [4.78, 5) is 12.5. The van der Waals surface area contributed by atoms with Crippen molar-refractivity contribution in [3.05, 3.63) is 63.1 Å². The van der Waals surface area contributed by atoms with Crippen molar-refractivity contribution in [2.75, 3.05) is 5.73 Å². The molecule has 0 bridgehead atoms. The summed E-state index contributed by atoms with van der Waals surface area (Å²) < 4.78 is 0.824. The van der Waals surface area contributed by atoms with Crippen LogP contribution >= 0.6 is 15.9 Å². The second kappa shape index (κ2) is 5.53. The predicted molar refractivity (Wildman–Crippen MR) is 88.4 cm³/mol. The van der Waals surface area contributed by atoms with E-state index in [-0.39, 0.29) is 11.9 Å². The van der Waals surface area contributed by atoms with Gasteiger partial charge >= 0.3 is 0 Å². The van der Waals surface area contributed by atoms with E-state index in [9.17, 15) is 4.79 Å². The number of halogens is 1. The Morgan fingerprint density at radius 2 is 1.86 bits per heavy atom. The van der Waals surface area contributed by atoms with E-state index in [1.54, 1.807) is 0 Å². The van der Waals surface area contributed by atoms with Gasteiger partial charge in [0.15, 0.2) is 0 Å². The maximum atomic E-state index is 12.5. The fourth-order valence-electron chi connectivity index (χ4n) is 2.86. The highest BCUT2D eigenvalue weighted by atomic mass is 79.9. The van der Waals surface area contributed by atoms with Gasteiger partial charge in [0, 0.05) is 21.8 Å². The molecule has 1 aliphatic rings. The number of amides is 1. The van der Waals surface area contributed by atoms with Crippen LogP contribution in [0.25, 0.3) is 0 Å². The molecule has 3 nitrogen and oxygen atoms in total. The standard InChI is InChI=1S/C17H17BrN2O/c1-10-15(8-13(18)9-16(10)19)17(21)20-14-6-11-4-2-3-5-12(11)7-14/h2-5,8-9,14H,6-7,19H2,1H3,(H,20,21). The number of fused-ring (bicyclic) bond motifs is 1. The minimum atomic E-state index is -0.0571. The lowest BCUT2D eigenvalue weighted by molar-refractivity contribution is 0.0938. The third-order valence-electron chi connectivity index (χ3n) is 4.04. The lowest BCUT2D eigenvalue weighted by atomic mass is 10.1. The van der Waals surface area contributed by atoms with E-state index >= 15 is 0 Å². The zero-order valence-corrected chi connectivity index (χ0v) is 13.4. The van der Waals surface area contributed by atoms with Gasteiger partial charge in [0.05, 0.1) is 0 Å². The van der Waals surface area contributed by atoms with E-state index in [0.29, 0.717) is 11.3 Å². The molecule has 0 fully saturated rings. The van der Waals surface area contributed by atoms with Gasteiger partial charge in [-0.3, -0.25) is 4.79 Å². The van der Waals surface area contributed by atoms with Crippen molar-refractivity contribution < 1.29 is 4.79 Å². The highest BCUT2D eigenvalue weighted by Gasteiger charge is 2.23. The smallest absolute Gasteiger partial charge is 0.251 e. The first-order chi connectivity index (χ1) is 10.0. The van der Waals surface area contributed by atoms with Crippen LogP contribution in [0.4, 0.5) is 5.69 Å². The summed E-state index contributed by atoms with van der Waals surface area (Å²) in [7, 11) is 0. The Hall–Kier alpha value is -1.81. The van der Waals surface area contributed by atoms with Crippen LogP contribution in [0.2, 0.25) is 0 Å². The number of carbonyl (C=O) groups excluding carboxylic acids is 1. The zero-order chi connectivity index (χ0) is 15.0. The van der Waals surface area contributed by atoms with E-state index < -0.39 is 0 Å². The lowest BCUT2D eigenvalue weighted by Gasteiger charge is -2.14.